The number of Topliss-reactive ketones (excluding diaryl/α,β-unsaturated/α-hetero) is 2. The van der Waals surface area contributed by atoms with Crippen molar-refractivity contribution in [3.05, 3.63) is 58.2 Å². The summed E-state index contributed by atoms with van der Waals surface area (Å²) in [5.74, 6) is -1.92. The summed E-state index contributed by atoms with van der Waals surface area (Å²) in [4.78, 5) is 42.4. The maximum absolute atomic E-state index is 15.0. The van der Waals surface area contributed by atoms with Gasteiger partial charge in [-0.25, -0.2) is 4.79 Å². The number of allylic oxidation sites excluding steroid dienone is 4. The molecule has 0 amide bonds. The number of carbonyl (C=O) groups excluding carboxylic acids is 3. The van der Waals surface area contributed by atoms with E-state index >= 15 is 0 Å². The fraction of sp³-hybridized carbons (Fsp3) is 0.622. The average Bonchev–Trinajstić information content (AvgIpc) is 3.28. The lowest BCUT2D eigenvalue weighted by Gasteiger charge is -2.60. The number of hydrogen-bond acceptors (Lipinski definition) is 11. The molecule has 4 bridgehead atoms. The molecule has 3 heterocycles. The van der Waals surface area contributed by atoms with Crippen LogP contribution >= 0.6 is 0 Å². The van der Waals surface area contributed by atoms with E-state index in [0.29, 0.717) is 75.6 Å². The molecule has 1 spiro atoms. The van der Waals surface area contributed by atoms with Crippen molar-refractivity contribution in [2.45, 2.75) is 116 Å². The molecule has 6 aliphatic rings. The van der Waals surface area contributed by atoms with Gasteiger partial charge in [0.1, 0.15) is 35.0 Å². The Balaban J connectivity index is 1.30. The van der Waals surface area contributed by atoms with Crippen molar-refractivity contribution in [1.82, 2.24) is 0 Å². The van der Waals surface area contributed by atoms with E-state index in [-0.39, 0.29) is 54.2 Å². The highest BCUT2D eigenvalue weighted by Gasteiger charge is 2.83. The van der Waals surface area contributed by atoms with E-state index in [0.717, 1.165) is 12.0 Å². The first kappa shape index (κ1) is 41.9. The number of aromatic hydroxyl groups is 1. The Morgan fingerprint density at radius 3 is 2.27 bits per heavy atom. The molecule has 11 heteroatoms. The van der Waals surface area contributed by atoms with Gasteiger partial charge < -0.3 is 38.3 Å². The van der Waals surface area contributed by atoms with Crippen LogP contribution in [-0.2, 0) is 39.7 Å². The molecule has 56 heavy (non-hydrogen) atoms. The van der Waals surface area contributed by atoms with Gasteiger partial charge in [-0.3, -0.25) is 9.59 Å². The molecule has 2 unspecified atom stereocenters. The van der Waals surface area contributed by atoms with Crippen LogP contribution in [0.25, 0.3) is 6.08 Å². The van der Waals surface area contributed by atoms with Crippen LogP contribution in [0, 0.1) is 17.8 Å². The Hall–Kier alpha value is -3.77. The Bertz CT molecular complexity index is 1810. The summed E-state index contributed by atoms with van der Waals surface area (Å²) < 4.78 is 42.5. The van der Waals surface area contributed by atoms with E-state index in [1.807, 2.05) is 53.7 Å². The maximum Gasteiger partial charge on any atom is 0.330 e. The van der Waals surface area contributed by atoms with E-state index in [1.165, 1.54) is 11.6 Å². The zero-order valence-electron chi connectivity index (χ0n) is 34.4. The highest BCUT2D eigenvalue weighted by molar-refractivity contribution is 6.09. The van der Waals surface area contributed by atoms with Crippen LogP contribution in [0.3, 0.4) is 0 Å². The zero-order valence-corrected chi connectivity index (χ0v) is 34.4. The third-order valence-electron chi connectivity index (χ3n) is 12.0. The van der Waals surface area contributed by atoms with Crippen molar-refractivity contribution in [3.63, 3.8) is 0 Å². The van der Waals surface area contributed by atoms with Crippen molar-refractivity contribution in [3.8, 4) is 17.2 Å². The van der Waals surface area contributed by atoms with Crippen LogP contribution in [0.5, 0.6) is 17.2 Å². The lowest BCUT2D eigenvalue weighted by atomic mass is 9.46. The highest BCUT2D eigenvalue weighted by atomic mass is 16.6. The van der Waals surface area contributed by atoms with Gasteiger partial charge in [-0.2, -0.15) is 0 Å². The second kappa shape index (κ2) is 16.6. The molecule has 1 aromatic carbocycles. The van der Waals surface area contributed by atoms with Gasteiger partial charge in [0, 0.05) is 36.5 Å². The Labute approximate surface area is 331 Å². The lowest BCUT2D eigenvalue weighted by Crippen LogP contribution is -2.76. The molecular weight excluding hydrogens is 716 g/mol. The first-order valence-corrected chi connectivity index (χ1v) is 20.2. The third kappa shape index (κ3) is 7.64. The maximum atomic E-state index is 15.0. The van der Waals surface area contributed by atoms with Gasteiger partial charge in [-0.15, -0.1) is 0 Å². The number of fused-ring (bicyclic) bond motifs is 2. The van der Waals surface area contributed by atoms with E-state index in [1.54, 1.807) is 6.08 Å². The molecule has 0 aromatic heterocycles. The molecule has 1 aromatic rings. The largest absolute Gasteiger partial charge is 0.506 e. The molecule has 4 fully saturated rings. The Morgan fingerprint density at radius 1 is 0.911 bits per heavy atom. The van der Waals surface area contributed by atoms with E-state index in [2.05, 4.69) is 26.0 Å². The molecule has 7 rings (SSSR count). The average molecular weight is 777 g/mol. The molecule has 0 radical (unpaired) electrons. The third-order valence-corrected chi connectivity index (χ3v) is 12.0. The topological polar surface area (TPSA) is 136 Å². The molecular formula is C45H60O11. The van der Waals surface area contributed by atoms with E-state index in [9.17, 15) is 19.5 Å². The number of carbonyl (C=O) groups is 3. The summed E-state index contributed by atoms with van der Waals surface area (Å²) in [5, 5.41) is 11.9. The second-order valence-corrected chi connectivity index (χ2v) is 17.0. The van der Waals surface area contributed by atoms with Crippen LogP contribution < -0.4 is 9.47 Å². The minimum Gasteiger partial charge on any atom is -0.506 e. The van der Waals surface area contributed by atoms with E-state index < -0.39 is 40.2 Å². The second-order valence-electron chi connectivity index (χ2n) is 17.0. The zero-order chi connectivity index (χ0) is 40.5. The predicted molar refractivity (Wildman–Crippen MR) is 211 cm³/mol. The molecule has 6 atom stereocenters. The number of phenolic OH excluding ortho intramolecular Hbond substituents is 1. The normalized spacial score (nSPS) is 29.0. The van der Waals surface area contributed by atoms with Gasteiger partial charge in [0.15, 0.2) is 22.8 Å². The number of ether oxygens (including phenoxy) is 7. The molecule has 3 saturated carbocycles. The van der Waals surface area contributed by atoms with Crippen LogP contribution in [0.4, 0.5) is 0 Å². The van der Waals surface area contributed by atoms with Gasteiger partial charge in [0.2, 0.25) is 0 Å². The molecule has 1 saturated heterocycles. The number of benzene rings is 1. The number of esters is 1. The summed E-state index contributed by atoms with van der Waals surface area (Å²) in [6, 6.07) is 0. The van der Waals surface area contributed by atoms with Crippen molar-refractivity contribution in [1.29, 1.82) is 0 Å². The Morgan fingerprint density at radius 2 is 1.59 bits per heavy atom. The lowest BCUT2D eigenvalue weighted by molar-refractivity contribution is -0.199. The Kier molecular flexibility index (Phi) is 12.4. The predicted octanol–water partition coefficient (Wildman–Crippen LogP) is 7.46. The van der Waals surface area contributed by atoms with Crippen LogP contribution in [0.15, 0.2) is 41.5 Å². The molecule has 1 N–H and O–H groups in total. The number of phenols is 1. The fourth-order valence-corrected chi connectivity index (χ4v) is 9.51. The summed E-state index contributed by atoms with van der Waals surface area (Å²) >= 11 is 0. The molecule has 3 aliphatic heterocycles. The van der Waals surface area contributed by atoms with Crippen molar-refractivity contribution >= 4 is 23.6 Å². The summed E-state index contributed by atoms with van der Waals surface area (Å²) in [6.07, 6.45) is 13.7. The van der Waals surface area contributed by atoms with Crippen LogP contribution in [0.1, 0.15) is 109 Å². The minimum atomic E-state index is -1.55. The molecule has 306 valence electrons. The first-order valence-electron chi connectivity index (χ1n) is 20.2. The SMILES string of the molecule is CCOCCOCCOCCOC(=O)/C=C/C[C@@]12OC(C)(C)C3C[C@@H](CC4C(=O)c5c(O)c6c(c(CC=C(C)C)c5O[C@]431)O[C@](C)(CCC=C(C)C)C=C6)C2=O. The highest BCUT2D eigenvalue weighted by Crippen LogP contribution is 2.70. The van der Waals surface area contributed by atoms with Crippen molar-refractivity contribution in [2.24, 2.45) is 17.8 Å². The van der Waals surface area contributed by atoms with Gasteiger partial charge in [0.05, 0.1) is 50.1 Å². The van der Waals surface area contributed by atoms with Gasteiger partial charge in [-0.1, -0.05) is 29.4 Å². The van der Waals surface area contributed by atoms with E-state index in [4.69, 9.17) is 33.2 Å². The summed E-state index contributed by atoms with van der Waals surface area (Å²) in [6.45, 7) is 18.7. The van der Waals surface area contributed by atoms with Gasteiger partial charge in [-0.05, 0) is 99.6 Å². The smallest absolute Gasteiger partial charge is 0.330 e. The van der Waals surface area contributed by atoms with Crippen molar-refractivity contribution < 1.29 is 52.6 Å². The first-order chi connectivity index (χ1) is 26.6. The monoisotopic (exact) mass is 776 g/mol. The summed E-state index contributed by atoms with van der Waals surface area (Å²) in [5.41, 5.74) is -0.917. The summed E-state index contributed by atoms with van der Waals surface area (Å²) in [7, 11) is 0. The molecule has 11 nitrogen and oxygen atoms in total. The number of ketones is 2. The minimum absolute atomic E-state index is 0.00790. The number of rotatable bonds is 18. The number of hydrogen-bond donors (Lipinski definition) is 1. The quantitative estimate of drug-likeness (QED) is 0.0689. The van der Waals surface area contributed by atoms with Gasteiger partial charge in [0.25, 0.3) is 0 Å². The van der Waals surface area contributed by atoms with Crippen molar-refractivity contribution in [2.75, 3.05) is 46.2 Å². The molecule has 3 aliphatic carbocycles. The fourth-order valence-electron chi connectivity index (χ4n) is 9.51. The van der Waals surface area contributed by atoms with Crippen LogP contribution in [0.2, 0.25) is 0 Å². The van der Waals surface area contributed by atoms with Gasteiger partial charge >= 0.3 is 5.97 Å². The standard InChI is InChI=1S/C45H60O11/c1-9-50-20-21-51-22-23-52-24-25-53-35(46)13-11-18-44-41(49)30-26-33-38(48)36-37(47)31-16-19-43(8,17-10-12-28(2)3)54-39(31)32(15-14-29(4)5)40(36)55-45(33,44)34(27-30)42(6,7)56-44/h11-14,16,19,30,33-34,47H,9-10,15,17-18,20-27H2,1-8H3/b13-11+/t30-,33?,34?,43-,44+,45-/m1/s1. The van der Waals surface area contributed by atoms with Crippen LogP contribution in [-0.4, -0.2) is 91.3 Å².